The second-order valence-corrected chi connectivity index (χ2v) is 9.16. The second kappa shape index (κ2) is 7.41. The minimum Gasteiger partial charge on any atom is -0.390 e. The zero-order valence-corrected chi connectivity index (χ0v) is 17.2. The van der Waals surface area contributed by atoms with Gasteiger partial charge < -0.3 is 9.63 Å². The number of nitrogens with zero attached hydrogens (tertiary/aromatic N) is 1. The van der Waals surface area contributed by atoms with Crippen molar-refractivity contribution in [3.8, 4) is 11.1 Å². The summed E-state index contributed by atoms with van der Waals surface area (Å²) in [6.45, 7) is 6.86. The average Bonchev–Trinajstić information content (AvgIpc) is 2.93. The molecule has 0 aliphatic carbocycles. The first-order valence-electron chi connectivity index (χ1n) is 8.93. The number of aliphatic hydroxyl groups is 1. The van der Waals surface area contributed by atoms with E-state index >= 15 is 0 Å². The molecule has 2 aromatic carbocycles. The zero-order chi connectivity index (χ0) is 20.5. The number of nitrogens with one attached hydrogen (secondary N) is 1. The number of benzene rings is 2. The predicted octanol–water partition coefficient (Wildman–Crippen LogP) is 4.07. The molecule has 0 aliphatic rings. The number of sulfonamides is 1. The Morgan fingerprint density at radius 2 is 1.79 bits per heavy atom. The molecule has 0 atom stereocenters. The van der Waals surface area contributed by atoms with Crippen LogP contribution in [0.1, 0.15) is 30.7 Å². The maximum Gasteiger partial charge on any atom is 0.264 e. The quantitative estimate of drug-likeness (QED) is 0.651. The van der Waals surface area contributed by atoms with Crippen molar-refractivity contribution in [2.24, 2.45) is 0 Å². The maximum atomic E-state index is 13.2. The fourth-order valence-corrected chi connectivity index (χ4v) is 4.27. The van der Waals surface area contributed by atoms with Crippen LogP contribution in [0.4, 0.5) is 5.88 Å². The van der Waals surface area contributed by atoms with E-state index in [1.807, 2.05) is 36.4 Å². The van der Waals surface area contributed by atoms with Crippen molar-refractivity contribution in [2.45, 2.75) is 44.6 Å². The van der Waals surface area contributed by atoms with Crippen LogP contribution in [-0.2, 0) is 16.4 Å². The molecule has 3 aromatic rings. The molecule has 28 heavy (non-hydrogen) atoms. The van der Waals surface area contributed by atoms with Crippen LogP contribution in [0, 0.1) is 13.8 Å². The molecule has 0 bridgehead atoms. The Morgan fingerprint density at radius 3 is 2.36 bits per heavy atom. The van der Waals surface area contributed by atoms with Gasteiger partial charge in [0.05, 0.1) is 16.2 Å². The molecule has 0 saturated carbocycles. The van der Waals surface area contributed by atoms with Crippen LogP contribution >= 0.6 is 0 Å². The molecule has 148 valence electrons. The van der Waals surface area contributed by atoms with Gasteiger partial charge in [0.1, 0.15) is 0 Å². The van der Waals surface area contributed by atoms with Crippen LogP contribution in [0.25, 0.3) is 11.1 Å². The van der Waals surface area contributed by atoms with Gasteiger partial charge in [0.15, 0.2) is 0 Å². The van der Waals surface area contributed by atoms with Crippen molar-refractivity contribution < 1.29 is 18.0 Å². The Hall–Kier alpha value is -2.64. The highest BCUT2D eigenvalue weighted by Crippen LogP contribution is 2.31. The van der Waals surface area contributed by atoms with Gasteiger partial charge in [0, 0.05) is 17.5 Å². The fraction of sp³-hybridized carbons (Fsp3) is 0.286. The minimum atomic E-state index is -3.94. The Labute approximate surface area is 165 Å². The van der Waals surface area contributed by atoms with Gasteiger partial charge in [-0.15, -0.1) is 0 Å². The molecule has 0 saturated heterocycles. The van der Waals surface area contributed by atoms with Crippen LogP contribution in [0.15, 0.2) is 57.9 Å². The van der Waals surface area contributed by atoms with Crippen molar-refractivity contribution >= 4 is 15.9 Å². The first-order chi connectivity index (χ1) is 13.1. The highest BCUT2D eigenvalue weighted by molar-refractivity contribution is 7.92. The van der Waals surface area contributed by atoms with E-state index in [4.69, 9.17) is 4.52 Å². The highest BCUT2D eigenvalue weighted by atomic mass is 32.2. The summed E-state index contributed by atoms with van der Waals surface area (Å²) in [7, 11) is -3.94. The fourth-order valence-electron chi connectivity index (χ4n) is 2.94. The van der Waals surface area contributed by atoms with Gasteiger partial charge in [-0.2, -0.15) is 0 Å². The number of hydrogen-bond donors (Lipinski definition) is 2. The molecular formula is C21H24N2O4S. The normalized spacial score (nSPS) is 12.2. The Bertz CT molecular complexity index is 1080. The minimum absolute atomic E-state index is 0.101. The molecule has 0 fully saturated rings. The van der Waals surface area contributed by atoms with Gasteiger partial charge in [0.2, 0.25) is 5.88 Å². The van der Waals surface area contributed by atoms with Crippen molar-refractivity contribution in [1.82, 2.24) is 5.16 Å². The molecule has 2 N–H and O–H groups in total. The van der Waals surface area contributed by atoms with E-state index in [0.29, 0.717) is 23.2 Å². The molecular weight excluding hydrogens is 376 g/mol. The highest BCUT2D eigenvalue weighted by Gasteiger charge is 2.24. The summed E-state index contributed by atoms with van der Waals surface area (Å²) in [4.78, 5) is 0.119. The van der Waals surface area contributed by atoms with E-state index < -0.39 is 15.6 Å². The molecule has 0 radical (unpaired) electrons. The maximum absolute atomic E-state index is 13.2. The largest absolute Gasteiger partial charge is 0.390 e. The SMILES string of the molecule is Cc1noc(NS(=O)(=O)c2cc(CC(C)(C)O)ccc2-c2ccccc2)c1C. The number of aryl methyl sites for hydroxylation is 1. The standard InChI is InChI=1S/C21H24N2O4S/c1-14-15(2)22-27-20(14)23-28(25,26)19-12-16(13-21(3,4)24)10-11-18(19)17-8-6-5-7-9-17/h5-12,23-24H,13H2,1-4H3. The van der Waals surface area contributed by atoms with Crippen molar-refractivity contribution in [1.29, 1.82) is 0 Å². The third-order valence-corrected chi connectivity index (χ3v) is 5.81. The van der Waals surface area contributed by atoms with Crippen LogP contribution in [-0.4, -0.2) is 24.3 Å². The Morgan fingerprint density at radius 1 is 1.11 bits per heavy atom. The van der Waals surface area contributed by atoms with Crippen molar-refractivity contribution in [2.75, 3.05) is 4.72 Å². The number of rotatable bonds is 6. The summed E-state index contributed by atoms with van der Waals surface area (Å²) in [5.74, 6) is 0.101. The molecule has 1 aromatic heterocycles. The van der Waals surface area contributed by atoms with Crippen LogP contribution in [0.2, 0.25) is 0 Å². The Kier molecular flexibility index (Phi) is 5.32. The lowest BCUT2D eigenvalue weighted by molar-refractivity contribution is 0.0809. The lowest BCUT2D eigenvalue weighted by Crippen LogP contribution is -2.22. The summed E-state index contributed by atoms with van der Waals surface area (Å²) >= 11 is 0. The summed E-state index contributed by atoms with van der Waals surface area (Å²) in [6, 6.07) is 14.5. The van der Waals surface area contributed by atoms with Gasteiger partial charge in [0.25, 0.3) is 10.0 Å². The van der Waals surface area contributed by atoms with Crippen LogP contribution in [0.5, 0.6) is 0 Å². The van der Waals surface area contributed by atoms with E-state index in [2.05, 4.69) is 9.88 Å². The molecule has 6 nitrogen and oxygen atoms in total. The van der Waals surface area contributed by atoms with Crippen LogP contribution < -0.4 is 4.72 Å². The van der Waals surface area contributed by atoms with Gasteiger partial charge >= 0.3 is 0 Å². The predicted molar refractivity (Wildman–Crippen MR) is 109 cm³/mol. The molecule has 0 unspecified atom stereocenters. The monoisotopic (exact) mass is 400 g/mol. The van der Waals surface area contributed by atoms with E-state index in [1.54, 1.807) is 39.8 Å². The van der Waals surface area contributed by atoms with Crippen molar-refractivity contribution in [3.63, 3.8) is 0 Å². The smallest absolute Gasteiger partial charge is 0.264 e. The molecule has 7 heteroatoms. The van der Waals surface area contributed by atoms with E-state index in [9.17, 15) is 13.5 Å². The first kappa shape index (κ1) is 20.1. The molecule has 0 spiro atoms. The molecule has 0 aliphatic heterocycles. The molecule has 3 rings (SSSR count). The summed E-state index contributed by atoms with van der Waals surface area (Å²) in [5.41, 5.74) is 2.37. The molecule has 1 heterocycles. The lowest BCUT2D eigenvalue weighted by Gasteiger charge is -2.19. The number of hydrogen-bond acceptors (Lipinski definition) is 5. The third kappa shape index (κ3) is 4.43. The average molecular weight is 401 g/mol. The van der Waals surface area contributed by atoms with Gasteiger partial charge in [-0.3, -0.25) is 0 Å². The topological polar surface area (TPSA) is 92.4 Å². The van der Waals surface area contributed by atoms with Crippen molar-refractivity contribution in [3.05, 3.63) is 65.4 Å². The summed E-state index contributed by atoms with van der Waals surface area (Å²) in [6.07, 6.45) is 0.324. The third-order valence-electron chi connectivity index (χ3n) is 4.44. The Balaban J connectivity index is 2.12. The van der Waals surface area contributed by atoms with Gasteiger partial charge in [-0.1, -0.05) is 47.6 Å². The first-order valence-corrected chi connectivity index (χ1v) is 10.4. The summed E-state index contributed by atoms with van der Waals surface area (Å²) < 4.78 is 34.1. The van der Waals surface area contributed by atoms with E-state index in [0.717, 1.165) is 11.1 Å². The van der Waals surface area contributed by atoms with Crippen LogP contribution in [0.3, 0.4) is 0 Å². The number of aromatic nitrogens is 1. The van der Waals surface area contributed by atoms with E-state index in [-0.39, 0.29) is 10.8 Å². The summed E-state index contributed by atoms with van der Waals surface area (Å²) in [5, 5.41) is 13.9. The number of anilines is 1. The molecule has 0 amide bonds. The lowest BCUT2D eigenvalue weighted by atomic mass is 9.96. The zero-order valence-electron chi connectivity index (χ0n) is 16.4. The van der Waals surface area contributed by atoms with Gasteiger partial charge in [-0.05, 0) is 44.9 Å². The van der Waals surface area contributed by atoms with Gasteiger partial charge in [-0.25, -0.2) is 13.1 Å². The second-order valence-electron chi connectivity index (χ2n) is 7.51. The van der Waals surface area contributed by atoms with E-state index in [1.165, 1.54) is 0 Å².